The quantitative estimate of drug-likeness (QED) is 0.324. The van der Waals surface area contributed by atoms with E-state index in [1.807, 2.05) is 0 Å². The molecule has 0 amide bonds. The van der Waals surface area contributed by atoms with E-state index < -0.39 is 0 Å². The van der Waals surface area contributed by atoms with Gasteiger partial charge in [0.25, 0.3) is 0 Å². The minimum Gasteiger partial charge on any atom is -0.378 e. The molecule has 1 aliphatic rings. The predicted octanol–water partition coefficient (Wildman–Crippen LogP) is 1.61. The van der Waals surface area contributed by atoms with E-state index in [-0.39, 0.29) is 5.54 Å². The standard InChI is InChI=1S/C11H23N3O/c1-11(2,3)13-10(14-12)7-6-9-5-4-8-15-9/h9H,4-8,12H2,1-3H3,(H,13,14). The Morgan fingerprint density at radius 3 is 2.73 bits per heavy atom. The van der Waals surface area contributed by atoms with Gasteiger partial charge in [-0.15, -0.1) is 0 Å². The maximum atomic E-state index is 5.55. The van der Waals surface area contributed by atoms with Crippen LogP contribution in [0.5, 0.6) is 0 Å². The van der Waals surface area contributed by atoms with Crippen molar-refractivity contribution in [1.82, 2.24) is 5.43 Å². The zero-order chi connectivity index (χ0) is 11.3. The topological polar surface area (TPSA) is 59.6 Å². The summed E-state index contributed by atoms with van der Waals surface area (Å²) in [5, 5.41) is 0. The molecule has 0 radical (unpaired) electrons. The minimum absolute atomic E-state index is 0.0712. The van der Waals surface area contributed by atoms with E-state index in [2.05, 4.69) is 31.2 Å². The summed E-state index contributed by atoms with van der Waals surface area (Å²) in [6, 6.07) is 0. The van der Waals surface area contributed by atoms with Gasteiger partial charge in [0, 0.05) is 13.0 Å². The predicted molar refractivity (Wildman–Crippen MR) is 62.7 cm³/mol. The Bertz CT molecular complexity index is 214. The Hall–Kier alpha value is -0.610. The summed E-state index contributed by atoms with van der Waals surface area (Å²) in [5.74, 6) is 6.32. The molecule has 1 unspecified atom stereocenters. The van der Waals surface area contributed by atoms with Gasteiger partial charge in [-0.2, -0.15) is 0 Å². The Balaban J connectivity index is 2.36. The van der Waals surface area contributed by atoms with E-state index in [1.54, 1.807) is 0 Å². The van der Waals surface area contributed by atoms with Crippen molar-refractivity contribution in [3.05, 3.63) is 0 Å². The molecule has 4 heteroatoms. The molecule has 1 heterocycles. The number of hydrogen-bond donors (Lipinski definition) is 2. The van der Waals surface area contributed by atoms with Gasteiger partial charge in [0.2, 0.25) is 0 Å². The Morgan fingerprint density at radius 2 is 2.27 bits per heavy atom. The van der Waals surface area contributed by atoms with Crippen LogP contribution in [0.1, 0.15) is 46.5 Å². The fourth-order valence-electron chi connectivity index (χ4n) is 1.73. The lowest BCUT2D eigenvalue weighted by Crippen LogP contribution is -2.33. The van der Waals surface area contributed by atoms with Crippen molar-refractivity contribution in [3.8, 4) is 0 Å². The van der Waals surface area contributed by atoms with Crippen molar-refractivity contribution < 1.29 is 4.74 Å². The molecule has 1 atom stereocenters. The number of nitrogens with zero attached hydrogens (tertiary/aromatic N) is 1. The molecule has 0 bridgehead atoms. The molecule has 4 nitrogen and oxygen atoms in total. The normalized spacial score (nSPS) is 23.2. The van der Waals surface area contributed by atoms with Gasteiger partial charge < -0.3 is 10.2 Å². The molecule has 0 aromatic rings. The van der Waals surface area contributed by atoms with Crippen molar-refractivity contribution in [3.63, 3.8) is 0 Å². The Kier molecular flexibility index (Phi) is 4.54. The van der Waals surface area contributed by atoms with Crippen LogP contribution in [0.4, 0.5) is 0 Å². The van der Waals surface area contributed by atoms with E-state index in [9.17, 15) is 0 Å². The fourth-order valence-corrected chi connectivity index (χ4v) is 1.73. The smallest absolute Gasteiger partial charge is 0.111 e. The van der Waals surface area contributed by atoms with Crippen molar-refractivity contribution in [1.29, 1.82) is 0 Å². The van der Waals surface area contributed by atoms with Crippen molar-refractivity contribution in [2.24, 2.45) is 10.8 Å². The second kappa shape index (κ2) is 5.47. The SMILES string of the molecule is CC(C)(C)N=C(CCC1CCCO1)NN. The van der Waals surface area contributed by atoms with Crippen molar-refractivity contribution in [2.75, 3.05) is 6.61 Å². The van der Waals surface area contributed by atoms with Gasteiger partial charge in [-0.05, 0) is 40.0 Å². The molecule has 0 aliphatic carbocycles. The molecule has 88 valence electrons. The maximum absolute atomic E-state index is 5.55. The van der Waals surface area contributed by atoms with E-state index in [4.69, 9.17) is 10.6 Å². The van der Waals surface area contributed by atoms with Crippen LogP contribution in [0, 0.1) is 0 Å². The summed E-state index contributed by atoms with van der Waals surface area (Å²) in [5.41, 5.74) is 2.61. The third kappa shape index (κ3) is 5.14. The third-order valence-corrected chi connectivity index (χ3v) is 2.36. The lowest BCUT2D eigenvalue weighted by molar-refractivity contribution is 0.106. The first-order valence-electron chi connectivity index (χ1n) is 5.68. The number of ether oxygens (including phenoxy) is 1. The molecule has 1 rings (SSSR count). The van der Waals surface area contributed by atoms with Gasteiger partial charge in [0.15, 0.2) is 0 Å². The molecular weight excluding hydrogens is 190 g/mol. The molecule has 3 N–H and O–H groups in total. The zero-order valence-electron chi connectivity index (χ0n) is 10.0. The monoisotopic (exact) mass is 213 g/mol. The van der Waals surface area contributed by atoms with Crippen LogP contribution >= 0.6 is 0 Å². The number of hydrogen-bond acceptors (Lipinski definition) is 3. The highest BCUT2D eigenvalue weighted by molar-refractivity contribution is 5.81. The van der Waals surface area contributed by atoms with Crippen molar-refractivity contribution >= 4 is 5.84 Å². The van der Waals surface area contributed by atoms with Crippen LogP contribution in [0.3, 0.4) is 0 Å². The van der Waals surface area contributed by atoms with Gasteiger partial charge >= 0.3 is 0 Å². The van der Waals surface area contributed by atoms with Crippen molar-refractivity contribution in [2.45, 2.75) is 58.1 Å². The Morgan fingerprint density at radius 1 is 1.53 bits per heavy atom. The number of nitrogens with two attached hydrogens (primary N) is 1. The third-order valence-electron chi connectivity index (χ3n) is 2.36. The minimum atomic E-state index is -0.0712. The number of hydrazine groups is 1. The second-order valence-electron chi connectivity index (χ2n) is 5.05. The molecule has 0 aromatic carbocycles. The molecular formula is C11H23N3O. The lowest BCUT2D eigenvalue weighted by Gasteiger charge is -2.16. The largest absolute Gasteiger partial charge is 0.378 e. The number of aliphatic imine (C=N–C) groups is 1. The average Bonchev–Trinajstić information content (AvgIpc) is 2.62. The van der Waals surface area contributed by atoms with Crippen LogP contribution in [-0.4, -0.2) is 24.1 Å². The number of nitrogens with one attached hydrogen (secondary N) is 1. The first kappa shape index (κ1) is 12.5. The molecule has 0 spiro atoms. The van der Waals surface area contributed by atoms with E-state index in [1.165, 1.54) is 12.8 Å². The molecule has 1 aliphatic heterocycles. The summed E-state index contributed by atoms with van der Waals surface area (Å²) in [7, 11) is 0. The Labute approximate surface area is 92.3 Å². The molecule has 0 saturated carbocycles. The highest BCUT2D eigenvalue weighted by Crippen LogP contribution is 2.17. The van der Waals surface area contributed by atoms with Crippen LogP contribution in [0.25, 0.3) is 0 Å². The zero-order valence-corrected chi connectivity index (χ0v) is 10.0. The summed E-state index contributed by atoms with van der Waals surface area (Å²) < 4.78 is 5.55. The van der Waals surface area contributed by atoms with Gasteiger partial charge in [-0.25, -0.2) is 5.84 Å². The molecule has 15 heavy (non-hydrogen) atoms. The number of rotatable bonds is 3. The first-order valence-corrected chi connectivity index (χ1v) is 5.68. The fraction of sp³-hybridized carbons (Fsp3) is 0.909. The molecule has 0 aromatic heterocycles. The maximum Gasteiger partial charge on any atom is 0.111 e. The number of amidine groups is 1. The van der Waals surface area contributed by atoms with Crippen LogP contribution in [0.15, 0.2) is 4.99 Å². The highest BCUT2D eigenvalue weighted by atomic mass is 16.5. The second-order valence-corrected chi connectivity index (χ2v) is 5.05. The summed E-state index contributed by atoms with van der Waals surface area (Å²) in [4.78, 5) is 4.51. The van der Waals surface area contributed by atoms with Gasteiger partial charge in [0.1, 0.15) is 5.84 Å². The molecule has 1 saturated heterocycles. The van der Waals surface area contributed by atoms with Crippen LogP contribution in [-0.2, 0) is 4.74 Å². The van der Waals surface area contributed by atoms with Crippen LogP contribution < -0.4 is 11.3 Å². The average molecular weight is 213 g/mol. The van der Waals surface area contributed by atoms with Gasteiger partial charge in [-0.3, -0.25) is 4.99 Å². The molecule has 1 fully saturated rings. The summed E-state index contributed by atoms with van der Waals surface area (Å²) in [6.45, 7) is 7.11. The van der Waals surface area contributed by atoms with Gasteiger partial charge in [0.05, 0.1) is 11.6 Å². The van der Waals surface area contributed by atoms with Gasteiger partial charge in [-0.1, -0.05) is 0 Å². The summed E-state index contributed by atoms with van der Waals surface area (Å²) in [6.07, 6.45) is 4.65. The first-order chi connectivity index (χ1) is 7.01. The van der Waals surface area contributed by atoms with Crippen LogP contribution in [0.2, 0.25) is 0 Å². The van der Waals surface area contributed by atoms with E-state index in [0.29, 0.717) is 6.10 Å². The highest BCUT2D eigenvalue weighted by Gasteiger charge is 2.16. The lowest BCUT2D eigenvalue weighted by atomic mass is 10.1. The van der Waals surface area contributed by atoms with E-state index in [0.717, 1.165) is 25.3 Å². The summed E-state index contributed by atoms with van der Waals surface area (Å²) >= 11 is 0. The van der Waals surface area contributed by atoms with E-state index >= 15 is 0 Å².